The Balaban J connectivity index is 1.03. The highest BCUT2D eigenvalue weighted by Gasteiger charge is 2.50. The molecule has 208 valence electrons. The minimum Gasteiger partial charge on any atom is -0.338 e. The summed E-state index contributed by atoms with van der Waals surface area (Å²) >= 11 is 0. The van der Waals surface area contributed by atoms with Crippen LogP contribution in [0.2, 0.25) is 0 Å². The molecule has 8 rings (SSSR count). The zero-order valence-corrected chi connectivity index (χ0v) is 23.4. The second-order valence-corrected chi connectivity index (χ2v) is 13.2. The highest BCUT2D eigenvalue weighted by atomic mass is 16.2. The molecule has 6 nitrogen and oxygen atoms in total. The van der Waals surface area contributed by atoms with Gasteiger partial charge in [-0.2, -0.15) is 0 Å². The van der Waals surface area contributed by atoms with Gasteiger partial charge in [-0.15, -0.1) is 0 Å². The van der Waals surface area contributed by atoms with Crippen molar-refractivity contribution in [1.29, 1.82) is 0 Å². The molecule has 2 amide bonds. The van der Waals surface area contributed by atoms with Gasteiger partial charge in [0.15, 0.2) is 0 Å². The molecule has 5 aliphatic rings. The summed E-state index contributed by atoms with van der Waals surface area (Å²) in [6.45, 7) is 2.27. The summed E-state index contributed by atoms with van der Waals surface area (Å²) in [5.41, 5.74) is 4.44. The Morgan fingerprint density at radius 1 is 0.800 bits per heavy atom. The number of carbonyl (C=O) groups excluding carboxylic acids is 2. The highest BCUT2D eigenvalue weighted by molar-refractivity contribution is 5.97. The second kappa shape index (κ2) is 10.5. The molecule has 4 bridgehead atoms. The van der Waals surface area contributed by atoms with Crippen LogP contribution >= 0.6 is 0 Å². The van der Waals surface area contributed by atoms with E-state index in [4.69, 9.17) is 0 Å². The number of rotatable bonds is 6. The SMILES string of the molecule is CC1CCC(C(=O)Nc2ccc(-c3cnc(-c4ccccc4NC(=O)C4C5CC6CC(C5)CC4C6)[nH]3)cc2)CC1. The lowest BCUT2D eigenvalue weighted by atomic mass is 9.51. The van der Waals surface area contributed by atoms with Crippen LogP contribution in [0.4, 0.5) is 11.4 Å². The summed E-state index contributed by atoms with van der Waals surface area (Å²) in [4.78, 5) is 34.4. The van der Waals surface area contributed by atoms with E-state index in [9.17, 15) is 9.59 Å². The molecule has 5 saturated carbocycles. The fraction of sp³-hybridized carbons (Fsp3) is 0.500. The molecule has 0 saturated heterocycles. The molecule has 0 spiro atoms. The van der Waals surface area contributed by atoms with Crippen LogP contribution in [0.1, 0.15) is 64.7 Å². The molecule has 0 atom stereocenters. The monoisotopic (exact) mass is 536 g/mol. The molecule has 40 heavy (non-hydrogen) atoms. The van der Waals surface area contributed by atoms with Gasteiger partial charge in [-0.3, -0.25) is 9.59 Å². The summed E-state index contributed by atoms with van der Waals surface area (Å²) in [7, 11) is 0. The van der Waals surface area contributed by atoms with Gasteiger partial charge in [-0.25, -0.2) is 4.98 Å². The third kappa shape index (κ3) is 4.97. The molecular formula is C34H40N4O2. The number of anilines is 2. The fourth-order valence-electron chi connectivity index (χ4n) is 8.47. The number of amides is 2. The van der Waals surface area contributed by atoms with Gasteiger partial charge in [0.1, 0.15) is 5.82 Å². The molecule has 5 fully saturated rings. The lowest BCUT2D eigenvalue weighted by Gasteiger charge is -2.53. The van der Waals surface area contributed by atoms with Crippen molar-refractivity contribution in [2.24, 2.45) is 41.4 Å². The fourth-order valence-corrected chi connectivity index (χ4v) is 8.47. The molecule has 3 aromatic rings. The minimum atomic E-state index is 0.120. The van der Waals surface area contributed by atoms with E-state index < -0.39 is 0 Å². The van der Waals surface area contributed by atoms with Crippen molar-refractivity contribution in [3.63, 3.8) is 0 Å². The quantitative estimate of drug-likeness (QED) is 0.304. The third-order valence-electron chi connectivity index (χ3n) is 10.4. The number of hydrogen-bond acceptors (Lipinski definition) is 3. The van der Waals surface area contributed by atoms with Crippen LogP contribution in [0.25, 0.3) is 22.6 Å². The predicted octanol–water partition coefficient (Wildman–Crippen LogP) is 7.52. The molecule has 1 heterocycles. The average molecular weight is 537 g/mol. The molecule has 0 unspecified atom stereocenters. The zero-order valence-electron chi connectivity index (χ0n) is 23.4. The van der Waals surface area contributed by atoms with Gasteiger partial charge in [0, 0.05) is 23.1 Å². The normalized spacial score (nSPS) is 30.7. The zero-order chi connectivity index (χ0) is 27.2. The molecule has 1 aromatic heterocycles. The predicted molar refractivity (Wildman–Crippen MR) is 158 cm³/mol. The Labute approximate surface area is 236 Å². The van der Waals surface area contributed by atoms with Crippen LogP contribution < -0.4 is 10.6 Å². The van der Waals surface area contributed by atoms with E-state index in [-0.39, 0.29) is 23.7 Å². The highest BCUT2D eigenvalue weighted by Crippen LogP contribution is 2.56. The number of H-pyrrole nitrogens is 1. The Hall–Kier alpha value is -3.41. The van der Waals surface area contributed by atoms with Crippen LogP contribution in [0, 0.1) is 41.4 Å². The van der Waals surface area contributed by atoms with E-state index in [1.165, 1.54) is 32.1 Å². The first-order valence-electron chi connectivity index (χ1n) is 15.4. The van der Waals surface area contributed by atoms with E-state index in [1.807, 2.05) is 54.7 Å². The number of para-hydroxylation sites is 1. The number of benzene rings is 2. The molecular weight excluding hydrogens is 496 g/mol. The largest absolute Gasteiger partial charge is 0.338 e. The van der Waals surface area contributed by atoms with Gasteiger partial charge in [0.2, 0.25) is 11.8 Å². The number of aromatic amines is 1. The van der Waals surface area contributed by atoms with Gasteiger partial charge in [0.25, 0.3) is 0 Å². The molecule has 0 radical (unpaired) electrons. The van der Waals surface area contributed by atoms with E-state index in [1.54, 1.807) is 0 Å². The number of nitrogens with zero attached hydrogens (tertiary/aromatic N) is 1. The molecule has 0 aliphatic heterocycles. The number of carbonyl (C=O) groups is 2. The van der Waals surface area contributed by atoms with E-state index in [0.29, 0.717) is 11.8 Å². The Kier molecular flexibility index (Phi) is 6.73. The van der Waals surface area contributed by atoms with Crippen molar-refractivity contribution in [3.05, 3.63) is 54.7 Å². The van der Waals surface area contributed by atoms with Crippen molar-refractivity contribution >= 4 is 23.2 Å². The van der Waals surface area contributed by atoms with E-state index in [0.717, 1.165) is 77.5 Å². The van der Waals surface area contributed by atoms with E-state index >= 15 is 0 Å². The summed E-state index contributed by atoms with van der Waals surface area (Å²) in [6, 6.07) is 15.9. The maximum Gasteiger partial charge on any atom is 0.228 e. The standard InChI is InChI=1S/C34H40N4O2/c1-20-6-8-24(9-7-20)33(39)36-27-12-10-23(11-13-27)30-19-35-32(37-30)28-4-2-3-5-29(28)38-34(40)31-25-15-21-14-22(17-25)18-26(31)16-21/h2-5,10-13,19-22,24-26,31H,6-9,14-18H2,1H3,(H,35,37)(H,36,39)(H,38,40). The molecule has 2 aromatic carbocycles. The van der Waals surface area contributed by atoms with Crippen molar-refractivity contribution < 1.29 is 9.59 Å². The second-order valence-electron chi connectivity index (χ2n) is 13.2. The first-order valence-corrected chi connectivity index (χ1v) is 15.4. The van der Waals surface area contributed by atoms with E-state index in [2.05, 4.69) is 27.5 Å². The topological polar surface area (TPSA) is 86.9 Å². The summed E-state index contributed by atoms with van der Waals surface area (Å²) in [6.07, 6.45) is 12.4. The number of aromatic nitrogens is 2. The number of hydrogen-bond donors (Lipinski definition) is 3. The van der Waals surface area contributed by atoms with Crippen LogP contribution in [0.15, 0.2) is 54.7 Å². The van der Waals surface area contributed by atoms with Crippen LogP contribution in [0.5, 0.6) is 0 Å². The Morgan fingerprint density at radius 3 is 2.17 bits per heavy atom. The molecule has 6 heteroatoms. The Bertz CT molecular complexity index is 1360. The first kappa shape index (κ1) is 25.6. The van der Waals surface area contributed by atoms with Crippen molar-refractivity contribution in [1.82, 2.24) is 9.97 Å². The van der Waals surface area contributed by atoms with Crippen LogP contribution in [-0.2, 0) is 9.59 Å². The maximum absolute atomic E-state index is 13.6. The lowest BCUT2D eigenvalue weighted by molar-refractivity contribution is -0.132. The average Bonchev–Trinajstić information content (AvgIpc) is 3.44. The minimum absolute atomic E-state index is 0.120. The third-order valence-corrected chi connectivity index (χ3v) is 10.4. The van der Waals surface area contributed by atoms with Crippen LogP contribution in [-0.4, -0.2) is 21.8 Å². The van der Waals surface area contributed by atoms with Gasteiger partial charge in [-0.1, -0.05) is 31.2 Å². The van der Waals surface area contributed by atoms with Crippen molar-refractivity contribution in [3.8, 4) is 22.6 Å². The molecule has 3 N–H and O–H groups in total. The maximum atomic E-state index is 13.6. The van der Waals surface area contributed by atoms with Crippen molar-refractivity contribution in [2.75, 3.05) is 10.6 Å². The number of nitrogens with one attached hydrogen (secondary N) is 3. The van der Waals surface area contributed by atoms with Crippen molar-refractivity contribution in [2.45, 2.75) is 64.7 Å². The van der Waals surface area contributed by atoms with Gasteiger partial charge < -0.3 is 15.6 Å². The van der Waals surface area contributed by atoms with Crippen LogP contribution in [0.3, 0.4) is 0 Å². The lowest BCUT2D eigenvalue weighted by Crippen LogP contribution is -2.49. The van der Waals surface area contributed by atoms with Gasteiger partial charge in [0.05, 0.1) is 17.6 Å². The van der Waals surface area contributed by atoms with Gasteiger partial charge >= 0.3 is 0 Å². The Morgan fingerprint density at radius 2 is 1.48 bits per heavy atom. The molecule has 5 aliphatic carbocycles. The summed E-state index contributed by atoms with van der Waals surface area (Å²) in [5.74, 6) is 4.87. The number of imidazole rings is 1. The van der Waals surface area contributed by atoms with Gasteiger partial charge in [-0.05, 0) is 117 Å². The first-order chi connectivity index (χ1) is 19.5. The summed E-state index contributed by atoms with van der Waals surface area (Å²) < 4.78 is 0. The smallest absolute Gasteiger partial charge is 0.228 e. The summed E-state index contributed by atoms with van der Waals surface area (Å²) in [5, 5.41) is 6.40.